The van der Waals surface area contributed by atoms with E-state index in [2.05, 4.69) is 34.6 Å². The summed E-state index contributed by atoms with van der Waals surface area (Å²) in [7, 11) is 0. The quantitative estimate of drug-likeness (QED) is 0.230. The van der Waals surface area contributed by atoms with Crippen molar-refractivity contribution in [1.82, 2.24) is 0 Å². The molecule has 0 saturated heterocycles. The highest BCUT2D eigenvalue weighted by Gasteiger charge is 2.57. The Balaban J connectivity index is 2.16. The minimum absolute atomic E-state index is 0.0167. The van der Waals surface area contributed by atoms with Crippen LogP contribution in [0.3, 0.4) is 0 Å². The summed E-state index contributed by atoms with van der Waals surface area (Å²) in [5.41, 5.74) is 1.42. The number of allylic oxidation sites excluding steroid dienone is 1. The van der Waals surface area contributed by atoms with Gasteiger partial charge in [-0.05, 0) is 53.2 Å². The van der Waals surface area contributed by atoms with Crippen molar-refractivity contribution in [2.45, 2.75) is 98.3 Å². The van der Waals surface area contributed by atoms with E-state index in [0.717, 1.165) is 37.7 Å². The molecule has 3 aliphatic carbocycles. The minimum Gasteiger partial charge on any atom is -0.478 e. The zero-order chi connectivity index (χ0) is 26.1. The van der Waals surface area contributed by atoms with Crippen LogP contribution >= 0.6 is 0 Å². The highest BCUT2D eigenvalue weighted by Crippen LogP contribution is 2.65. The first-order valence-electron chi connectivity index (χ1n) is 12.8. The number of carbonyl (C=O) groups is 3. The van der Waals surface area contributed by atoms with Crippen LogP contribution in [0.25, 0.3) is 0 Å². The van der Waals surface area contributed by atoms with Gasteiger partial charge < -0.3 is 14.6 Å². The van der Waals surface area contributed by atoms with Crippen LogP contribution in [0.4, 0.5) is 0 Å². The van der Waals surface area contributed by atoms with Crippen molar-refractivity contribution >= 4 is 17.9 Å². The molecule has 1 aromatic rings. The van der Waals surface area contributed by atoms with Gasteiger partial charge in [-0.3, -0.25) is 9.59 Å². The third-order valence-electron chi connectivity index (χ3n) is 8.14. The van der Waals surface area contributed by atoms with Gasteiger partial charge in [0.25, 0.3) is 0 Å². The lowest BCUT2D eigenvalue weighted by atomic mass is 9.45. The summed E-state index contributed by atoms with van der Waals surface area (Å²) in [6.45, 7) is 13.3. The average Bonchev–Trinajstić information content (AvgIpc) is 2.75. The summed E-state index contributed by atoms with van der Waals surface area (Å²) in [4.78, 5) is 36.3. The number of carboxylic acids is 1. The van der Waals surface area contributed by atoms with Crippen LogP contribution in [0.1, 0.15) is 104 Å². The summed E-state index contributed by atoms with van der Waals surface area (Å²) in [6.07, 6.45) is 8.01. The van der Waals surface area contributed by atoms with E-state index in [1.807, 2.05) is 12.1 Å². The molecule has 6 heteroatoms. The monoisotopic (exact) mass is 484 g/mol. The Morgan fingerprint density at radius 3 is 2.06 bits per heavy atom. The summed E-state index contributed by atoms with van der Waals surface area (Å²) < 4.78 is 11.4. The number of carboxylic acid groups (broad SMARTS) is 1. The van der Waals surface area contributed by atoms with Crippen LogP contribution in [0.15, 0.2) is 23.8 Å². The molecule has 192 valence electrons. The lowest BCUT2D eigenvalue weighted by Gasteiger charge is -2.58. The van der Waals surface area contributed by atoms with Gasteiger partial charge in [0, 0.05) is 30.9 Å². The Bertz CT molecular complexity index is 995. The third-order valence-corrected chi connectivity index (χ3v) is 8.14. The molecule has 1 saturated carbocycles. The van der Waals surface area contributed by atoms with Crippen molar-refractivity contribution in [3.05, 3.63) is 34.9 Å². The molecule has 0 aliphatic heterocycles. The first-order chi connectivity index (χ1) is 16.3. The molecule has 1 fully saturated rings. The fourth-order valence-corrected chi connectivity index (χ4v) is 5.96. The lowest BCUT2D eigenvalue weighted by molar-refractivity contribution is -0.137. The Morgan fingerprint density at radius 2 is 1.60 bits per heavy atom. The van der Waals surface area contributed by atoms with E-state index in [9.17, 15) is 19.5 Å². The minimum atomic E-state index is -0.931. The van der Waals surface area contributed by atoms with Gasteiger partial charge in [-0.2, -0.15) is 0 Å². The molecule has 1 N–H and O–H groups in total. The fourth-order valence-electron chi connectivity index (χ4n) is 5.96. The van der Waals surface area contributed by atoms with Crippen molar-refractivity contribution in [3.63, 3.8) is 0 Å². The second-order valence-electron chi connectivity index (χ2n) is 11.4. The number of aliphatic carboxylic acids is 1. The van der Waals surface area contributed by atoms with Crippen molar-refractivity contribution in [3.8, 4) is 11.5 Å². The highest BCUT2D eigenvalue weighted by atomic mass is 16.5. The van der Waals surface area contributed by atoms with E-state index >= 15 is 0 Å². The van der Waals surface area contributed by atoms with E-state index < -0.39 is 17.9 Å². The molecule has 3 atom stereocenters. The maximum atomic E-state index is 12.1. The Labute approximate surface area is 209 Å². The molecule has 3 aliphatic rings. The fraction of sp³-hybridized carbons (Fsp3) is 0.621. The van der Waals surface area contributed by atoms with Gasteiger partial charge in [-0.25, -0.2) is 4.79 Å². The predicted octanol–water partition coefficient (Wildman–Crippen LogP) is 6.56. The van der Waals surface area contributed by atoms with Crippen molar-refractivity contribution in [2.24, 2.45) is 17.3 Å². The smallest absolute Gasteiger partial charge is 0.331 e. The number of benzene rings is 1. The molecule has 2 bridgehead atoms. The van der Waals surface area contributed by atoms with Crippen molar-refractivity contribution < 1.29 is 29.0 Å². The van der Waals surface area contributed by atoms with Gasteiger partial charge in [0.05, 0.1) is 0 Å². The Morgan fingerprint density at radius 1 is 1.03 bits per heavy atom. The predicted molar refractivity (Wildman–Crippen MR) is 135 cm³/mol. The number of hydrogen-bond donors (Lipinski definition) is 1. The standard InChI is InChI=1S/C29H40O6/c1-8-9-10-11-12-28(4,5)19-13-24(34-17(2)30)26(25(14-19)35-18(3)31)20-15-21(27(32)33)23-16-22(20)29(23,6)7/h13-15,20,22-23H,8-12,16H2,1-7H3,(H,32,33). The normalized spacial score (nSPS) is 22.6. The van der Waals surface area contributed by atoms with Gasteiger partial charge in [-0.1, -0.05) is 66.4 Å². The third kappa shape index (κ3) is 5.46. The summed E-state index contributed by atoms with van der Waals surface area (Å²) in [5, 5.41) is 9.89. The largest absolute Gasteiger partial charge is 0.478 e. The number of carbonyl (C=O) groups excluding carboxylic acids is 2. The molecule has 0 amide bonds. The number of hydrogen-bond acceptors (Lipinski definition) is 5. The zero-order valence-corrected chi connectivity index (χ0v) is 22.2. The number of rotatable bonds is 10. The summed E-state index contributed by atoms with van der Waals surface area (Å²) in [5.74, 6) is -1.39. The zero-order valence-electron chi connectivity index (χ0n) is 22.2. The highest BCUT2D eigenvalue weighted by molar-refractivity contribution is 5.89. The van der Waals surface area contributed by atoms with E-state index in [1.165, 1.54) is 20.3 Å². The topological polar surface area (TPSA) is 89.9 Å². The lowest BCUT2D eigenvalue weighted by Crippen LogP contribution is -2.52. The molecular formula is C29H40O6. The van der Waals surface area contributed by atoms with Gasteiger partial charge in [0.15, 0.2) is 0 Å². The van der Waals surface area contributed by atoms with Crippen LogP contribution < -0.4 is 9.47 Å². The van der Waals surface area contributed by atoms with E-state index in [1.54, 1.807) is 6.08 Å². The van der Waals surface area contributed by atoms with Crippen LogP contribution in [-0.4, -0.2) is 23.0 Å². The Hall–Kier alpha value is -2.63. The van der Waals surface area contributed by atoms with Crippen LogP contribution in [-0.2, 0) is 19.8 Å². The van der Waals surface area contributed by atoms with Crippen molar-refractivity contribution in [1.29, 1.82) is 0 Å². The van der Waals surface area contributed by atoms with Crippen molar-refractivity contribution in [2.75, 3.05) is 0 Å². The maximum absolute atomic E-state index is 12.1. The molecule has 0 spiro atoms. The molecule has 35 heavy (non-hydrogen) atoms. The first-order valence-corrected chi connectivity index (χ1v) is 12.8. The Kier molecular flexibility index (Phi) is 7.83. The number of ether oxygens (including phenoxy) is 2. The molecule has 6 nitrogen and oxygen atoms in total. The van der Waals surface area contributed by atoms with Crippen LogP contribution in [0, 0.1) is 17.3 Å². The van der Waals surface area contributed by atoms with Crippen LogP contribution in [0.5, 0.6) is 11.5 Å². The molecule has 0 radical (unpaired) electrons. The molecule has 4 rings (SSSR count). The first kappa shape index (κ1) is 27.0. The number of unbranched alkanes of at least 4 members (excludes halogenated alkanes) is 3. The summed E-state index contributed by atoms with van der Waals surface area (Å²) in [6, 6.07) is 3.77. The number of fused-ring (bicyclic) bond motifs is 1. The summed E-state index contributed by atoms with van der Waals surface area (Å²) >= 11 is 0. The SMILES string of the molecule is CCCCCCC(C)(C)c1cc(OC(C)=O)c(C2C=C(C(=O)O)C3CC2C3(C)C)c(OC(C)=O)c1. The van der Waals surface area contributed by atoms with E-state index in [-0.39, 0.29) is 28.6 Å². The van der Waals surface area contributed by atoms with E-state index in [0.29, 0.717) is 22.6 Å². The second kappa shape index (κ2) is 10.2. The molecule has 3 unspecified atom stereocenters. The second-order valence-corrected chi connectivity index (χ2v) is 11.4. The van der Waals surface area contributed by atoms with Gasteiger partial charge in [0.2, 0.25) is 0 Å². The number of esters is 2. The average molecular weight is 485 g/mol. The van der Waals surface area contributed by atoms with Crippen LogP contribution in [0.2, 0.25) is 0 Å². The maximum Gasteiger partial charge on any atom is 0.331 e. The van der Waals surface area contributed by atoms with Gasteiger partial charge >= 0.3 is 17.9 Å². The van der Waals surface area contributed by atoms with Gasteiger partial charge in [-0.15, -0.1) is 0 Å². The molecule has 0 heterocycles. The van der Waals surface area contributed by atoms with E-state index in [4.69, 9.17) is 9.47 Å². The molecule has 1 aromatic carbocycles. The molecular weight excluding hydrogens is 444 g/mol. The van der Waals surface area contributed by atoms with Gasteiger partial charge in [0.1, 0.15) is 11.5 Å². The molecule has 0 aromatic heterocycles.